The summed E-state index contributed by atoms with van der Waals surface area (Å²) in [4.78, 5) is 2.33. The van der Waals surface area contributed by atoms with E-state index in [4.69, 9.17) is 10.5 Å². The normalized spacial score (nSPS) is 24.4. The average molecular weight is 262 g/mol. The quantitative estimate of drug-likeness (QED) is 0.910. The lowest BCUT2D eigenvalue weighted by atomic mass is 9.93. The molecular weight excluding hydrogens is 236 g/mol. The third kappa shape index (κ3) is 2.93. The van der Waals surface area contributed by atoms with Crippen molar-refractivity contribution in [2.24, 2.45) is 5.73 Å². The average Bonchev–Trinajstić information content (AvgIpc) is 2.56. The fourth-order valence-electron chi connectivity index (χ4n) is 3.18. The number of hydrogen-bond acceptors (Lipinski definition) is 3. The summed E-state index contributed by atoms with van der Waals surface area (Å²) in [6.07, 6.45) is 1.04. The van der Waals surface area contributed by atoms with Crippen LogP contribution in [0.4, 0.5) is 5.69 Å². The van der Waals surface area contributed by atoms with Gasteiger partial charge in [-0.2, -0.15) is 0 Å². The molecule has 1 fully saturated rings. The third-order valence-electron chi connectivity index (χ3n) is 4.07. The third-order valence-corrected chi connectivity index (χ3v) is 4.07. The summed E-state index contributed by atoms with van der Waals surface area (Å²) < 4.78 is 6.17. The van der Waals surface area contributed by atoms with Crippen LogP contribution in [0.3, 0.4) is 0 Å². The Morgan fingerprint density at radius 1 is 1.21 bits per heavy atom. The zero-order valence-electron chi connectivity index (χ0n) is 12.7. The van der Waals surface area contributed by atoms with E-state index >= 15 is 0 Å². The van der Waals surface area contributed by atoms with Gasteiger partial charge in [0.1, 0.15) is 0 Å². The van der Waals surface area contributed by atoms with E-state index in [-0.39, 0.29) is 11.2 Å². The lowest BCUT2D eigenvalue weighted by Gasteiger charge is -2.35. The van der Waals surface area contributed by atoms with Crippen LogP contribution < -0.4 is 10.6 Å². The van der Waals surface area contributed by atoms with Crippen LogP contribution in [0.5, 0.6) is 0 Å². The van der Waals surface area contributed by atoms with Gasteiger partial charge in [-0.3, -0.25) is 0 Å². The van der Waals surface area contributed by atoms with Crippen LogP contribution in [0, 0.1) is 0 Å². The van der Waals surface area contributed by atoms with Crippen molar-refractivity contribution in [3.05, 3.63) is 29.8 Å². The Balaban J connectivity index is 2.21. The molecule has 1 aliphatic heterocycles. The van der Waals surface area contributed by atoms with Crippen LogP contribution in [0.1, 0.15) is 39.7 Å². The largest absolute Gasteiger partial charge is 0.369 e. The predicted octanol–water partition coefficient (Wildman–Crippen LogP) is 2.93. The number of ether oxygens (including phenoxy) is 1. The fourth-order valence-corrected chi connectivity index (χ4v) is 3.18. The van der Waals surface area contributed by atoms with E-state index in [1.807, 2.05) is 0 Å². The standard InChI is InChI=1S/C16H26N2O/c1-15(2)10-14(16(3,4)19-15)18(5)13-8-6-12(11-17)7-9-13/h6-9,14H,10-11,17H2,1-5H3. The molecule has 0 radical (unpaired) electrons. The van der Waals surface area contributed by atoms with E-state index in [9.17, 15) is 0 Å². The molecule has 0 amide bonds. The second-order valence-electron chi connectivity index (χ2n) is 6.67. The summed E-state index contributed by atoms with van der Waals surface area (Å²) in [6.45, 7) is 9.28. The molecule has 0 aliphatic carbocycles. The summed E-state index contributed by atoms with van der Waals surface area (Å²) in [5.41, 5.74) is 7.84. The smallest absolute Gasteiger partial charge is 0.0836 e. The number of benzene rings is 1. The second kappa shape index (κ2) is 4.80. The van der Waals surface area contributed by atoms with E-state index in [2.05, 4.69) is 63.9 Å². The van der Waals surface area contributed by atoms with Crippen LogP contribution in [0.15, 0.2) is 24.3 Å². The molecule has 2 N–H and O–H groups in total. The molecule has 106 valence electrons. The maximum atomic E-state index is 6.17. The second-order valence-corrected chi connectivity index (χ2v) is 6.67. The molecule has 0 bridgehead atoms. The summed E-state index contributed by atoms with van der Waals surface area (Å²) in [7, 11) is 2.15. The fraction of sp³-hybridized carbons (Fsp3) is 0.625. The van der Waals surface area contributed by atoms with Crippen molar-refractivity contribution >= 4 is 5.69 Å². The molecule has 1 atom stereocenters. The van der Waals surface area contributed by atoms with Crippen LogP contribution in [-0.4, -0.2) is 24.3 Å². The minimum absolute atomic E-state index is 0.0559. The molecule has 0 aromatic heterocycles. The molecule has 1 heterocycles. The predicted molar refractivity (Wildman–Crippen MR) is 80.4 cm³/mol. The van der Waals surface area contributed by atoms with Crippen LogP contribution in [-0.2, 0) is 11.3 Å². The molecule has 1 aromatic rings. The van der Waals surface area contributed by atoms with Crippen molar-refractivity contribution in [2.45, 2.75) is 57.9 Å². The Hall–Kier alpha value is -1.06. The molecule has 0 saturated carbocycles. The lowest BCUT2D eigenvalue weighted by molar-refractivity contribution is -0.0676. The first-order valence-corrected chi connectivity index (χ1v) is 6.97. The summed E-state index contributed by atoms with van der Waals surface area (Å²) in [5.74, 6) is 0. The molecule has 1 aliphatic rings. The van der Waals surface area contributed by atoms with Crippen molar-refractivity contribution in [3.63, 3.8) is 0 Å². The summed E-state index contributed by atoms with van der Waals surface area (Å²) in [5, 5.41) is 0. The molecule has 0 spiro atoms. The van der Waals surface area contributed by atoms with Gasteiger partial charge in [0.05, 0.1) is 17.2 Å². The first kappa shape index (κ1) is 14.4. The van der Waals surface area contributed by atoms with Crippen molar-refractivity contribution in [1.29, 1.82) is 0 Å². The SMILES string of the molecule is CN(c1ccc(CN)cc1)C1CC(C)(C)OC1(C)C. The van der Waals surface area contributed by atoms with Gasteiger partial charge in [0.25, 0.3) is 0 Å². The Kier molecular flexibility index (Phi) is 3.63. The topological polar surface area (TPSA) is 38.5 Å². The van der Waals surface area contributed by atoms with Gasteiger partial charge in [-0.1, -0.05) is 12.1 Å². The first-order chi connectivity index (χ1) is 8.75. The molecule has 3 nitrogen and oxygen atoms in total. The number of nitrogens with zero attached hydrogens (tertiary/aromatic N) is 1. The van der Waals surface area contributed by atoms with E-state index in [0.29, 0.717) is 12.6 Å². The highest BCUT2D eigenvalue weighted by atomic mass is 16.5. The van der Waals surface area contributed by atoms with Gasteiger partial charge in [-0.15, -0.1) is 0 Å². The maximum Gasteiger partial charge on any atom is 0.0836 e. The highest BCUT2D eigenvalue weighted by molar-refractivity contribution is 5.49. The molecule has 1 unspecified atom stereocenters. The molecule has 19 heavy (non-hydrogen) atoms. The number of hydrogen-bond donors (Lipinski definition) is 1. The first-order valence-electron chi connectivity index (χ1n) is 6.97. The van der Waals surface area contributed by atoms with Gasteiger partial charge in [0, 0.05) is 19.3 Å². The maximum absolute atomic E-state index is 6.17. The van der Waals surface area contributed by atoms with Crippen molar-refractivity contribution in [3.8, 4) is 0 Å². The Bertz CT molecular complexity index is 437. The number of rotatable bonds is 3. The zero-order chi connectivity index (χ0) is 14.3. The van der Waals surface area contributed by atoms with Crippen LogP contribution >= 0.6 is 0 Å². The highest BCUT2D eigenvalue weighted by Gasteiger charge is 2.47. The number of anilines is 1. The van der Waals surface area contributed by atoms with Gasteiger partial charge in [-0.25, -0.2) is 0 Å². The van der Waals surface area contributed by atoms with Crippen molar-refractivity contribution in [1.82, 2.24) is 0 Å². The van der Waals surface area contributed by atoms with E-state index in [1.165, 1.54) is 11.3 Å². The van der Waals surface area contributed by atoms with Gasteiger partial charge in [0.15, 0.2) is 0 Å². The molecule has 1 aromatic carbocycles. The monoisotopic (exact) mass is 262 g/mol. The van der Waals surface area contributed by atoms with Gasteiger partial charge >= 0.3 is 0 Å². The molecular formula is C16H26N2O. The molecule has 3 heteroatoms. The summed E-state index contributed by atoms with van der Waals surface area (Å²) in [6, 6.07) is 8.86. The van der Waals surface area contributed by atoms with Gasteiger partial charge in [0.2, 0.25) is 0 Å². The molecule has 2 rings (SSSR count). The van der Waals surface area contributed by atoms with Gasteiger partial charge < -0.3 is 15.4 Å². The summed E-state index contributed by atoms with van der Waals surface area (Å²) >= 11 is 0. The van der Waals surface area contributed by atoms with Gasteiger partial charge in [-0.05, 0) is 51.8 Å². The van der Waals surface area contributed by atoms with Crippen LogP contribution in [0.2, 0.25) is 0 Å². The lowest BCUT2D eigenvalue weighted by Crippen LogP contribution is -2.44. The zero-order valence-corrected chi connectivity index (χ0v) is 12.7. The Morgan fingerprint density at radius 2 is 1.79 bits per heavy atom. The number of nitrogens with two attached hydrogens (primary N) is 1. The Morgan fingerprint density at radius 3 is 2.21 bits per heavy atom. The van der Waals surface area contributed by atoms with E-state index in [0.717, 1.165) is 6.42 Å². The highest BCUT2D eigenvalue weighted by Crippen LogP contribution is 2.40. The minimum atomic E-state index is -0.134. The Labute approximate surface area is 116 Å². The molecule has 1 saturated heterocycles. The van der Waals surface area contributed by atoms with Crippen LogP contribution in [0.25, 0.3) is 0 Å². The minimum Gasteiger partial charge on any atom is -0.369 e. The van der Waals surface area contributed by atoms with E-state index < -0.39 is 0 Å². The van der Waals surface area contributed by atoms with Crippen molar-refractivity contribution in [2.75, 3.05) is 11.9 Å². The number of likely N-dealkylation sites (N-methyl/N-ethyl adjacent to an activating group) is 1. The van der Waals surface area contributed by atoms with E-state index in [1.54, 1.807) is 0 Å². The van der Waals surface area contributed by atoms with Crippen molar-refractivity contribution < 1.29 is 4.74 Å².